The maximum atomic E-state index is 12.2. The number of primary amides is 1. The molecule has 0 atom stereocenters. The summed E-state index contributed by atoms with van der Waals surface area (Å²) < 4.78 is 0. The summed E-state index contributed by atoms with van der Waals surface area (Å²) in [7, 11) is 0. The monoisotopic (exact) mass is 319 g/mol. The molecule has 0 spiro atoms. The van der Waals surface area contributed by atoms with Gasteiger partial charge in [-0.3, -0.25) is 19.7 Å². The average molecular weight is 320 g/mol. The van der Waals surface area contributed by atoms with E-state index in [-0.39, 0.29) is 27.5 Å². The topological polar surface area (TPSA) is 115 Å². The third-order valence-corrected chi connectivity index (χ3v) is 3.16. The van der Waals surface area contributed by atoms with Gasteiger partial charge in [0.1, 0.15) is 0 Å². The predicted octanol–water partition coefficient (Wildman–Crippen LogP) is 2.60. The van der Waals surface area contributed by atoms with Crippen molar-refractivity contribution in [3.05, 3.63) is 68.7 Å². The van der Waals surface area contributed by atoms with Crippen LogP contribution in [-0.2, 0) is 0 Å². The molecule has 0 aliphatic rings. The van der Waals surface area contributed by atoms with Crippen molar-refractivity contribution < 1.29 is 14.5 Å². The van der Waals surface area contributed by atoms with Crippen LogP contribution in [0.15, 0.2) is 42.5 Å². The van der Waals surface area contributed by atoms with Crippen molar-refractivity contribution in [2.75, 3.05) is 5.32 Å². The number of rotatable bonds is 4. The Morgan fingerprint density at radius 1 is 1.14 bits per heavy atom. The minimum Gasteiger partial charge on any atom is -0.366 e. The highest BCUT2D eigenvalue weighted by molar-refractivity contribution is 6.34. The van der Waals surface area contributed by atoms with E-state index >= 15 is 0 Å². The fraction of sp³-hybridized carbons (Fsp3) is 0. The highest BCUT2D eigenvalue weighted by Gasteiger charge is 2.17. The number of carbonyl (C=O) groups is 2. The molecule has 2 amide bonds. The first-order valence-electron chi connectivity index (χ1n) is 6.04. The highest BCUT2D eigenvalue weighted by Crippen LogP contribution is 2.24. The van der Waals surface area contributed by atoms with Crippen molar-refractivity contribution in [1.82, 2.24) is 0 Å². The first-order valence-corrected chi connectivity index (χ1v) is 6.42. The second kappa shape index (κ2) is 6.23. The SMILES string of the molecule is NC(=O)c1ccccc1NC(=O)c1ccc([N+](=O)[O-])cc1Cl. The summed E-state index contributed by atoms with van der Waals surface area (Å²) >= 11 is 5.88. The molecule has 7 nitrogen and oxygen atoms in total. The lowest BCUT2D eigenvalue weighted by molar-refractivity contribution is -0.384. The van der Waals surface area contributed by atoms with Crippen molar-refractivity contribution >= 4 is 34.8 Å². The Morgan fingerprint density at radius 2 is 1.82 bits per heavy atom. The molecule has 0 aliphatic carbocycles. The number of hydrogen-bond acceptors (Lipinski definition) is 4. The van der Waals surface area contributed by atoms with E-state index in [1.807, 2.05) is 0 Å². The molecular formula is C14H10ClN3O4. The van der Waals surface area contributed by atoms with Crippen LogP contribution in [-0.4, -0.2) is 16.7 Å². The number of hydrogen-bond donors (Lipinski definition) is 2. The highest BCUT2D eigenvalue weighted by atomic mass is 35.5. The minimum atomic E-state index is -0.689. The summed E-state index contributed by atoms with van der Waals surface area (Å²) in [6.45, 7) is 0. The Balaban J connectivity index is 2.31. The van der Waals surface area contributed by atoms with Gasteiger partial charge < -0.3 is 11.1 Å². The molecular weight excluding hydrogens is 310 g/mol. The van der Waals surface area contributed by atoms with Gasteiger partial charge in [-0.25, -0.2) is 0 Å². The van der Waals surface area contributed by atoms with E-state index < -0.39 is 16.7 Å². The van der Waals surface area contributed by atoms with Crippen LogP contribution in [0.5, 0.6) is 0 Å². The number of nitro groups is 1. The molecule has 0 saturated heterocycles. The molecule has 2 aromatic carbocycles. The van der Waals surface area contributed by atoms with E-state index in [1.165, 1.54) is 24.3 Å². The summed E-state index contributed by atoms with van der Waals surface area (Å²) in [5.74, 6) is -1.29. The molecule has 0 radical (unpaired) electrons. The van der Waals surface area contributed by atoms with Gasteiger partial charge in [-0.1, -0.05) is 23.7 Å². The summed E-state index contributed by atoms with van der Waals surface area (Å²) in [5, 5.41) is 13.1. The van der Waals surface area contributed by atoms with Gasteiger partial charge in [-0.15, -0.1) is 0 Å². The number of anilines is 1. The van der Waals surface area contributed by atoms with E-state index in [0.717, 1.165) is 6.07 Å². The Kier molecular flexibility index (Phi) is 4.38. The van der Waals surface area contributed by atoms with Crippen molar-refractivity contribution in [2.24, 2.45) is 5.73 Å². The van der Waals surface area contributed by atoms with Gasteiger partial charge in [0.25, 0.3) is 17.5 Å². The first kappa shape index (κ1) is 15.5. The Morgan fingerprint density at radius 3 is 2.41 bits per heavy atom. The number of non-ortho nitro benzene ring substituents is 1. The predicted molar refractivity (Wildman–Crippen MR) is 81.0 cm³/mol. The number of nitro benzene ring substituents is 1. The van der Waals surface area contributed by atoms with Gasteiger partial charge in [-0.2, -0.15) is 0 Å². The molecule has 2 rings (SSSR count). The molecule has 0 saturated carbocycles. The fourth-order valence-corrected chi connectivity index (χ4v) is 2.06. The first-order chi connectivity index (χ1) is 10.4. The quantitative estimate of drug-likeness (QED) is 0.665. The normalized spacial score (nSPS) is 10.0. The standard InChI is InChI=1S/C14H10ClN3O4/c15-11-7-8(18(21)22)5-6-9(11)14(20)17-12-4-2-1-3-10(12)13(16)19/h1-7H,(H2,16,19)(H,17,20). The molecule has 0 unspecified atom stereocenters. The van der Waals surface area contributed by atoms with Gasteiger partial charge >= 0.3 is 0 Å². The molecule has 2 aromatic rings. The van der Waals surface area contributed by atoms with Gasteiger partial charge in [0.2, 0.25) is 0 Å². The minimum absolute atomic E-state index is 0.0477. The van der Waals surface area contributed by atoms with Gasteiger partial charge in [0.15, 0.2) is 0 Å². The summed E-state index contributed by atoms with van der Waals surface area (Å²) in [6, 6.07) is 9.70. The number of nitrogens with one attached hydrogen (secondary N) is 1. The van der Waals surface area contributed by atoms with Crippen molar-refractivity contribution in [2.45, 2.75) is 0 Å². The van der Waals surface area contributed by atoms with Crippen molar-refractivity contribution in [1.29, 1.82) is 0 Å². The van der Waals surface area contributed by atoms with Crippen LogP contribution in [0.2, 0.25) is 5.02 Å². The number of nitrogens with two attached hydrogens (primary N) is 1. The van der Waals surface area contributed by atoms with Crippen molar-refractivity contribution in [3.8, 4) is 0 Å². The smallest absolute Gasteiger partial charge is 0.270 e. The largest absolute Gasteiger partial charge is 0.366 e. The number of benzene rings is 2. The van der Waals surface area contributed by atoms with Gasteiger partial charge in [0.05, 0.1) is 26.8 Å². The molecule has 3 N–H and O–H groups in total. The summed E-state index contributed by atoms with van der Waals surface area (Å²) in [4.78, 5) is 33.5. The van der Waals surface area contributed by atoms with Crippen LogP contribution < -0.4 is 11.1 Å². The third kappa shape index (κ3) is 3.21. The second-order valence-electron chi connectivity index (χ2n) is 4.29. The average Bonchev–Trinajstić information content (AvgIpc) is 2.47. The summed E-state index contributed by atoms with van der Waals surface area (Å²) in [5.41, 5.74) is 5.42. The van der Waals surface area contributed by atoms with Crippen LogP contribution in [0.1, 0.15) is 20.7 Å². The van der Waals surface area contributed by atoms with E-state index in [1.54, 1.807) is 12.1 Å². The number of amides is 2. The molecule has 8 heteroatoms. The molecule has 0 heterocycles. The van der Waals surface area contributed by atoms with Crippen LogP contribution in [0, 0.1) is 10.1 Å². The van der Waals surface area contributed by atoms with E-state index in [2.05, 4.69) is 5.32 Å². The lowest BCUT2D eigenvalue weighted by atomic mass is 10.1. The van der Waals surface area contributed by atoms with Crippen LogP contribution >= 0.6 is 11.6 Å². The van der Waals surface area contributed by atoms with E-state index in [4.69, 9.17) is 17.3 Å². The number of para-hydroxylation sites is 1. The molecule has 0 fully saturated rings. The third-order valence-electron chi connectivity index (χ3n) is 2.85. The maximum Gasteiger partial charge on any atom is 0.270 e. The molecule has 22 heavy (non-hydrogen) atoms. The molecule has 0 bridgehead atoms. The van der Waals surface area contributed by atoms with Crippen LogP contribution in [0.25, 0.3) is 0 Å². The zero-order valence-corrected chi connectivity index (χ0v) is 11.8. The Labute approximate surface area is 129 Å². The molecule has 0 aromatic heterocycles. The van der Waals surface area contributed by atoms with Gasteiger partial charge in [0, 0.05) is 12.1 Å². The van der Waals surface area contributed by atoms with Gasteiger partial charge in [-0.05, 0) is 18.2 Å². The Hall–Kier alpha value is -2.93. The fourth-order valence-electron chi connectivity index (χ4n) is 1.80. The number of halogens is 1. The number of carbonyl (C=O) groups excluding carboxylic acids is 2. The van der Waals surface area contributed by atoms with Crippen molar-refractivity contribution in [3.63, 3.8) is 0 Å². The molecule has 0 aliphatic heterocycles. The molecule has 112 valence electrons. The second-order valence-corrected chi connectivity index (χ2v) is 4.69. The zero-order chi connectivity index (χ0) is 16.3. The maximum absolute atomic E-state index is 12.2. The van der Waals surface area contributed by atoms with Crippen LogP contribution in [0.4, 0.5) is 11.4 Å². The lowest BCUT2D eigenvalue weighted by Crippen LogP contribution is -2.18. The number of nitrogens with zero attached hydrogens (tertiary/aromatic N) is 1. The van der Waals surface area contributed by atoms with E-state index in [9.17, 15) is 19.7 Å². The zero-order valence-electron chi connectivity index (χ0n) is 11.1. The van der Waals surface area contributed by atoms with Crippen LogP contribution in [0.3, 0.4) is 0 Å². The van der Waals surface area contributed by atoms with E-state index in [0.29, 0.717) is 0 Å². The Bertz CT molecular complexity index is 776. The lowest BCUT2D eigenvalue weighted by Gasteiger charge is -2.09. The summed E-state index contributed by atoms with van der Waals surface area (Å²) in [6.07, 6.45) is 0.